The molecule has 0 saturated heterocycles. The van der Waals surface area contributed by atoms with Crippen LogP contribution in [0.2, 0.25) is 0 Å². The maximum absolute atomic E-state index is 5.52. The lowest BCUT2D eigenvalue weighted by atomic mass is 9.95. The van der Waals surface area contributed by atoms with Gasteiger partial charge in [0.15, 0.2) is 5.96 Å². The molecule has 23 heavy (non-hydrogen) atoms. The number of guanidine groups is 1. The van der Waals surface area contributed by atoms with Gasteiger partial charge in [-0.15, -0.1) is 24.0 Å². The minimum absolute atomic E-state index is 0. The number of para-hydroxylation sites is 1. The molecule has 1 aliphatic carbocycles. The molecule has 0 heterocycles. The lowest BCUT2D eigenvalue weighted by Gasteiger charge is -2.21. The highest BCUT2D eigenvalue weighted by Crippen LogP contribution is 2.50. The van der Waals surface area contributed by atoms with Crippen molar-refractivity contribution in [3.8, 4) is 5.75 Å². The molecule has 0 bridgehead atoms. The minimum atomic E-state index is 0. The van der Waals surface area contributed by atoms with E-state index in [2.05, 4.69) is 34.7 Å². The maximum Gasteiger partial charge on any atom is 0.191 e. The third-order valence-electron chi connectivity index (χ3n) is 4.42. The third-order valence-corrected chi connectivity index (χ3v) is 4.42. The zero-order valence-electron chi connectivity index (χ0n) is 14.5. The molecular weight excluding hydrogens is 401 g/mol. The topological polar surface area (TPSA) is 45.7 Å². The van der Waals surface area contributed by atoms with Crippen molar-refractivity contribution in [3.05, 3.63) is 29.8 Å². The summed E-state index contributed by atoms with van der Waals surface area (Å²) in [5, 5.41) is 6.87. The number of nitrogens with zero attached hydrogens (tertiary/aromatic N) is 1. The molecule has 4 nitrogen and oxygen atoms in total. The average Bonchev–Trinajstić information content (AvgIpc) is 3.35. The largest absolute Gasteiger partial charge is 0.496 e. The Hall–Kier alpha value is -0.980. The number of benzene rings is 1. The molecule has 130 valence electrons. The van der Waals surface area contributed by atoms with Crippen LogP contribution >= 0.6 is 24.0 Å². The Morgan fingerprint density at radius 2 is 1.96 bits per heavy atom. The number of halogens is 1. The van der Waals surface area contributed by atoms with Gasteiger partial charge in [-0.3, -0.25) is 4.99 Å². The van der Waals surface area contributed by atoms with E-state index in [1.54, 1.807) is 7.11 Å². The van der Waals surface area contributed by atoms with Gasteiger partial charge < -0.3 is 15.4 Å². The Labute approximate surface area is 157 Å². The van der Waals surface area contributed by atoms with Crippen molar-refractivity contribution in [1.82, 2.24) is 10.6 Å². The van der Waals surface area contributed by atoms with Crippen LogP contribution in [0.3, 0.4) is 0 Å². The molecule has 0 spiro atoms. The predicted molar refractivity (Wildman–Crippen MR) is 108 cm³/mol. The van der Waals surface area contributed by atoms with Crippen LogP contribution < -0.4 is 15.4 Å². The van der Waals surface area contributed by atoms with E-state index < -0.39 is 0 Å². The van der Waals surface area contributed by atoms with Gasteiger partial charge in [0.05, 0.1) is 7.11 Å². The summed E-state index contributed by atoms with van der Waals surface area (Å²) in [4.78, 5) is 4.32. The van der Waals surface area contributed by atoms with Gasteiger partial charge in [0, 0.05) is 31.1 Å². The summed E-state index contributed by atoms with van der Waals surface area (Å²) in [6.07, 6.45) is 6.09. The van der Waals surface area contributed by atoms with Gasteiger partial charge in [-0.2, -0.15) is 0 Å². The third kappa shape index (κ3) is 5.55. The van der Waals surface area contributed by atoms with Crippen LogP contribution in [0.4, 0.5) is 0 Å². The van der Waals surface area contributed by atoms with E-state index in [4.69, 9.17) is 4.74 Å². The van der Waals surface area contributed by atoms with Crippen molar-refractivity contribution in [2.45, 2.75) is 44.4 Å². The summed E-state index contributed by atoms with van der Waals surface area (Å²) in [5.74, 6) is 1.89. The smallest absolute Gasteiger partial charge is 0.191 e. The molecule has 0 radical (unpaired) electrons. The van der Waals surface area contributed by atoms with E-state index in [-0.39, 0.29) is 29.4 Å². The number of ether oxygens (including phenoxy) is 1. The van der Waals surface area contributed by atoms with Crippen molar-refractivity contribution in [2.75, 3.05) is 27.2 Å². The van der Waals surface area contributed by atoms with Crippen LogP contribution in [0.15, 0.2) is 29.3 Å². The second kappa shape index (κ2) is 10.0. The first kappa shape index (κ1) is 20.1. The van der Waals surface area contributed by atoms with Gasteiger partial charge in [-0.25, -0.2) is 0 Å². The van der Waals surface area contributed by atoms with Gasteiger partial charge in [-0.05, 0) is 25.3 Å². The number of methoxy groups -OCH3 is 1. The van der Waals surface area contributed by atoms with Gasteiger partial charge in [-0.1, -0.05) is 38.0 Å². The van der Waals surface area contributed by atoms with E-state index in [1.165, 1.54) is 37.7 Å². The first-order chi connectivity index (χ1) is 10.8. The molecule has 0 aromatic heterocycles. The Morgan fingerprint density at radius 3 is 2.57 bits per heavy atom. The number of unbranched alkanes of at least 4 members (excludes halogenated alkanes) is 2. The molecule has 0 aliphatic heterocycles. The van der Waals surface area contributed by atoms with E-state index in [1.807, 2.05) is 19.2 Å². The second-order valence-corrected chi connectivity index (χ2v) is 6.04. The van der Waals surface area contributed by atoms with Crippen LogP contribution in [0.25, 0.3) is 0 Å². The second-order valence-electron chi connectivity index (χ2n) is 6.04. The molecule has 1 aromatic rings. The number of nitrogens with one attached hydrogen (secondary N) is 2. The lowest BCUT2D eigenvalue weighted by Crippen LogP contribution is -2.41. The number of hydrogen-bond donors (Lipinski definition) is 2. The molecule has 2 rings (SSSR count). The molecule has 1 fully saturated rings. The lowest BCUT2D eigenvalue weighted by molar-refractivity contribution is 0.403. The Balaban J connectivity index is 0.00000264. The summed E-state index contributed by atoms with van der Waals surface area (Å²) >= 11 is 0. The molecule has 0 atom stereocenters. The molecule has 0 amide bonds. The average molecular weight is 431 g/mol. The van der Waals surface area contributed by atoms with Gasteiger partial charge in [0.2, 0.25) is 0 Å². The zero-order valence-corrected chi connectivity index (χ0v) is 16.9. The maximum atomic E-state index is 5.52. The standard InChI is InChI=1S/C18H29N3O.HI/c1-4-5-8-13-20-17(19-2)21-14-18(11-12-18)15-9-6-7-10-16(15)22-3;/h6-7,9-10H,4-5,8,11-14H2,1-3H3,(H2,19,20,21);1H. The van der Waals surface area contributed by atoms with Crippen LogP contribution in [-0.2, 0) is 5.41 Å². The highest BCUT2D eigenvalue weighted by Gasteiger charge is 2.45. The summed E-state index contributed by atoms with van der Waals surface area (Å²) in [6, 6.07) is 8.36. The molecule has 2 N–H and O–H groups in total. The highest BCUT2D eigenvalue weighted by molar-refractivity contribution is 14.0. The van der Waals surface area contributed by atoms with Crippen LogP contribution in [0.5, 0.6) is 5.75 Å². The summed E-state index contributed by atoms with van der Waals surface area (Å²) in [5.41, 5.74) is 1.51. The molecule has 1 aliphatic rings. The van der Waals surface area contributed by atoms with E-state index in [0.29, 0.717) is 0 Å². The Morgan fingerprint density at radius 1 is 1.22 bits per heavy atom. The predicted octanol–water partition coefficient (Wildman–Crippen LogP) is 3.70. The fourth-order valence-corrected chi connectivity index (χ4v) is 2.83. The summed E-state index contributed by atoms with van der Waals surface area (Å²) in [6.45, 7) is 4.10. The van der Waals surface area contributed by atoms with Crippen molar-refractivity contribution in [2.24, 2.45) is 4.99 Å². The first-order valence-corrected chi connectivity index (χ1v) is 8.34. The van der Waals surface area contributed by atoms with E-state index in [9.17, 15) is 0 Å². The fraction of sp³-hybridized carbons (Fsp3) is 0.611. The molecule has 1 saturated carbocycles. The minimum Gasteiger partial charge on any atom is -0.496 e. The normalized spacial score (nSPS) is 15.5. The van der Waals surface area contributed by atoms with Gasteiger partial charge in [0.25, 0.3) is 0 Å². The number of aliphatic imine (C=N–C) groups is 1. The Bertz CT molecular complexity index is 501. The highest BCUT2D eigenvalue weighted by atomic mass is 127. The van der Waals surface area contributed by atoms with E-state index >= 15 is 0 Å². The monoisotopic (exact) mass is 431 g/mol. The van der Waals surface area contributed by atoms with Crippen LogP contribution in [0.1, 0.15) is 44.6 Å². The molecular formula is C18H30IN3O. The first-order valence-electron chi connectivity index (χ1n) is 8.34. The van der Waals surface area contributed by atoms with Crippen LogP contribution in [-0.4, -0.2) is 33.2 Å². The van der Waals surface area contributed by atoms with Crippen molar-refractivity contribution in [1.29, 1.82) is 0 Å². The van der Waals surface area contributed by atoms with Crippen molar-refractivity contribution in [3.63, 3.8) is 0 Å². The fourth-order valence-electron chi connectivity index (χ4n) is 2.83. The van der Waals surface area contributed by atoms with E-state index in [0.717, 1.165) is 24.8 Å². The van der Waals surface area contributed by atoms with Gasteiger partial charge in [0.1, 0.15) is 5.75 Å². The molecule has 5 heteroatoms. The summed E-state index contributed by atoms with van der Waals surface area (Å²) < 4.78 is 5.52. The number of rotatable bonds is 8. The van der Waals surface area contributed by atoms with Gasteiger partial charge >= 0.3 is 0 Å². The molecule has 1 aromatic carbocycles. The summed E-state index contributed by atoms with van der Waals surface area (Å²) in [7, 11) is 3.58. The zero-order chi connectivity index (χ0) is 15.8. The van der Waals surface area contributed by atoms with Crippen LogP contribution in [0, 0.1) is 0 Å². The number of hydrogen-bond acceptors (Lipinski definition) is 2. The van der Waals surface area contributed by atoms with Crippen molar-refractivity contribution < 1.29 is 4.74 Å². The van der Waals surface area contributed by atoms with Crippen molar-refractivity contribution >= 4 is 29.9 Å². The molecule has 0 unspecified atom stereocenters. The Kier molecular flexibility index (Phi) is 8.73. The SMILES string of the molecule is CCCCCNC(=NC)NCC1(c2ccccc2OC)CC1.I. The quantitative estimate of drug-likeness (QED) is 0.286.